The van der Waals surface area contributed by atoms with Crippen molar-refractivity contribution < 1.29 is 9.47 Å². The molecule has 0 aliphatic rings. The van der Waals surface area contributed by atoms with Gasteiger partial charge in [-0.25, -0.2) is 0 Å². The zero-order valence-electron chi connectivity index (χ0n) is 13.0. The van der Waals surface area contributed by atoms with Crippen LogP contribution in [0.4, 0.5) is 0 Å². The van der Waals surface area contributed by atoms with Crippen molar-refractivity contribution in [2.75, 3.05) is 33.0 Å². The van der Waals surface area contributed by atoms with Crippen LogP contribution in [-0.2, 0) is 9.47 Å². The molecule has 0 saturated heterocycles. The van der Waals surface area contributed by atoms with Gasteiger partial charge in [-0.3, -0.25) is 0 Å². The summed E-state index contributed by atoms with van der Waals surface area (Å²) in [6.07, 6.45) is 2.36. The Kier molecular flexibility index (Phi) is 11.9. The summed E-state index contributed by atoms with van der Waals surface area (Å²) in [6, 6.07) is 0.472. The SMILES string of the molecule is CCCNC(COCCOCC(C)C)C(C)CC. The van der Waals surface area contributed by atoms with Crippen LogP contribution < -0.4 is 5.32 Å². The summed E-state index contributed by atoms with van der Waals surface area (Å²) in [4.78, 5) is 0. The Hall–Kier alpha value is -0.120. The lowest BCUT2D eigenvalue weighted by atomic mass is 10.00. The molecule has 0 saturated carbocycles. The molecule has 0 aliphatic carbocycles. The van der Waals surface area contributed by atoms with Gasteiger partial charge in [-0.2, -0.15) is 0 Å². The quantitative estimate of drug-likeness (QED) is 0.546. The highest BCUT2D eigenvalue weighted by Crippen LogP contribution is 2.08. The van der Waals surface area contributed by atoms with E-state index in [4.69, 9.17) is 9.47 Å². The van der Waals surface area contributed by atoms with E-state index >= 15 is 0 Å². The molecule has 1 N–H and O–H groups in total. The van der Waals surface area contributed by atoms with Gasteiger partial charge < -0.3 is 14.8 Å². The number of nitrogens with one attached hydrogen (secondary N) is 1. The highest BCUT2D eigenvalue weighted by molar-refractivity contribution is 4.71. The molecule has 2 atom stereocenters. The molecule has 0 amide bonds. The number of ether oxygens (including phenoxy) is 2. The van der Waals surface area contributed by atoms with Gasteiger partial charge in [0.15, 0.2) is 0 Å². The lowest BCUT2D eigenvalue weighted by Gasteiger charge is -2.24. The van der Waals surface area contributed by atoms with Gasteiger partial charge >= 0.3 is 0 Å². The standard InChI is InChI=1S/C15H33NO2/c1-6-8-16-15(14(5)7-2)12-18-10-9-17-11-13(3)4/h13-16H,6-12H2,1-5H3. The maximum absolute atomic E-state index is 5.71. The molecular formula is C15H33NO2. The van der Waals surface area contributed by atoms with E-state index in [0.29, 0.717) is 31.1 Å². The zero-order chi connectivity index (χ0) is 13.8. The Morgan fingerprint density at radius 3 is 2.06 bits per heavy atom. The fraction of sp³-hybridized carbons (Fsp3) is 1.00. The first kappa shape index (κ1) is 17.9. The van der Waals surface area contributed by atoms with Crippen molar-refractivity contribution in [2.45, 2.75) is 53.5 Å². The van der Waals surface area contributed by atoms with E-state index in [1.165, 1.54) is 12.8 Å². The van der Waals surface area contributed by atoms with E-state index in [-0.39, 0.29) is 0 Å². The summed E-state index contributed by atoms with van der Waals surface area (Å²) in [6.45, 7) is 15.1. The van der Waals surface area contributed by atoms with E-state index in [1.807, 2.05) is 0 Å². The zero-order valence-corrected chi connectivity index (χ0v) is 13.0. The van der Waals surface area contributed by atoms with Crippen LogP contribution >= 0.6 is 0 Å². The second kappa shape index (κ2) is 11.9. The third-order valence-corrected chi connectivity index (χ3v) is 3.11. The normalized spacial score (nSPS) is 15.0. The molecule has 0 aliphatic heterocycles. The Morgan fingerprint density at radius 2 is 1.56 bits per heavy atom. The van der Waals surface area contributed by atoms with Crippen molar-refractivity contribution in [2.24, 2.45) is 11.8 Å². The second-order valence-electron chi connectivity index (χ2n) is 5.49. The molecular weight excluding hydrogens is 226 g/mol. The molecule has 0 aromatic heterocycles. The van der Waals surface area contributed by atoms with Crippen molar-refractivity contribution in [1.29, 1.82) is 0 Å². The maximum Gasteiger partial charge on any atom is 0.0701 e. The average molecular weight is 259 g/mol. The maximum atomic E-state index is 5.71. The van der Waals surface area contributed by atoms with Gasteiger partial charge in [0.2, 0.25) is 0 Å². The van der Waals surface area contributed by atoms with Crippen molar-refractivity contribution in [3.8, 4) is 0 Å². The Balaban J connectivity index is 3.62. The summed E-state index contributed by atoms with van der Waals surface area (Å²) < 4.78 is 11.2. The van der Waals surface area contributed by atoms with E-state index in [9.17, 15) is 0 Å². The van der Waals surface area contributed by atoms with Crippen LogP contribution in [0.5, 0.6) is 0 Å². The molecule has 0 radical (unpaired) electrons. The smallest absolute Gasteiger partial charge is 0.0701 e. The number of hydrogen-bond acceptors (Lipinski definition) is 3. The van der Waals surface area contributed by atoms with Crippen molar-refractivity contribution >= 4 is 0 Å². The minimum absolute atomic E-state index is 0.472. The van der Waals surface area contributed by atoms with E-state index in [1.54, 1.807) is 0 Å². The molecule has 0 heterocycles. The van der Waals surface area contributed by atoms with E-state index in [0.717, 1.165) is 19.8 Å². The van der Waals surface area contributed by atoms with Crippen LogP contribution in [0.25, 0.3) is 0 Å². The minimum atomic E-state index is 0.472. The molecule has 0 aromatic rings. The largest absolute Gasteiger partial charge is 0.379 e. The topological polar surface area (TPSA) is 30.5 Å². The van der Waals surface area contributed by atoms with Crippen molar-refractivity contribution in [3.63, 3.8) is 0 Å². The second-order valence-corrected chi connectivity index (χ2v) is 5.49. The minimum Gasteiger partial charge on any atom is -0.379 e. The highest BCUT2D eigenvalue weighted by atomic mass is 16.5. The fourth-order valence-electron chi connectivity index (χ4n) is 1.69. The average Bonchev–Trinajstić information content (AvgIpc) is 2.35. The van der Waals surface area contributed by atoms with Crippen LogP contribution in [-0.4, -0.2) is 39.0 Å². The summed E-state index contributed by atoms with van der Waals surface area (Å²) in [7, 11) is 0. The molecule has 18 heavy (non-hydrogen) atoms. The van der Waals surface area contributed by atoms with Crippen LogP contribution in [0.15, 0.2) is 0 Å². The van der Waals surface area contributed by atoms with Gasteiger partial charge in [-0.15, -0.1) is 0 Å². The van der Waals surface area contributed by atoms with Crippen LogP contribution in [0.2, 0.25) is 0 Å². The van der Waals surface area contributed by atoms with Gasteiger partial charge in [0.25, 0.3) is 0 Å². The first-order chi connectivity index (χ1) is 8.61. The third kappa shape index (κ3) is 9.86. The molecule has 110 valence electrons. The van der Waals surface area contributed by atoms with Crippen LogP contribution in [0.3, 0.4) is 0 Å². The lowest BCUT2D eigenvalue weighted by molar-refractivity contribution is 0.0251. The fourth-order valence-corrected chi connectivity index (χ4v) is 1.69. The molecule has 0 aromatic carbocycles. The van der Waals surface area contributed by atoms with Gasteiger partial charge in [0.05, 0.1) is 19.8 Å². The molecule has 3 heteroatoms. The van der Waals surface area contributed by atoms with E-state index in [2.05, 4.69) is 39.9 Å². The molecule has 0 rings (SSSR count). The lowest BCUT2D eigenvalue weighted by Crippen LogP contribution is -2.39. The summed E-state index contributed by atoms with van der Waals surface area (Å²) in [5.41, 5.74) is 0. The molecule has 0 spiro atoms. The van der Waals surface area contributed by atoms with Crippen LogP contribution in [0, 0.1) is 11.8 Å². The number of rotatable bonds is 12. The monoisotopic (exact) mass is 259 g/mol. The van der Waals surface area contributed by atoms with E-state index < -0.39 is 0 Å². The molecule has 0 bridgehead atoms. The van der Waals surface area contributed by atoms with Gasteiger partial charge in [0.1, 0.15) is 0 Å². The predicted molar refractivity (Wildman–Crippen MR) is 78.0 cm³/mol. The first-order valence-corrected chi connectivity index (χ1v) is 7.50. The Morgan fingerprint density at radius 1 is 0.944 bits per heavy atom. The molecule has 2 unspecified atom stereocenters. The van der Waals surface area contributed by atoms with Crippen molar-refractivity contribution in [3.05, 3.63) is 0 Å². The van der Waals surface area contributed by atoms with Gasteiger partial charge in [0, 0.05) is 12.6 Å². The van der Waals surface area contributed by atoms with Gasteiger partial charge in [-0.1, -0.05) is 41.0 Å². The Labute approximate surface area is 114 Å². The molecule has 0 fully saturated rings. The highest BCUT2D eigenvalue weighted by Gasteiger charge is 2.14. The third-order valence-electron chi connectivity index (χ3n) is 3.11. The van der Waals surface area contributed by atoms with Crippen LogP contribution in [0.1, 0.15) is 47.5 Å². The summed E-state index contributed by atoms with van der Waals surface area (Å²) in [5, 5.41) is 3.56. The Bertz CT molecular complexity index is 174. The summed E-state index contributed by atoms with van der Waals surface area (Å²) >= 11 is 0. The number of hydrogen-bond donors (Lipinski definition) is 1. The molecule has 3 nitrogen and oxygen atoms in total. The predicted octanol–water partition coefficient (Wildman–Crippen LogP) is 3.09. The summed E-state index contributed by atoms with van der Waals surface area (Å²) in [5.74, 6) is 1.26. The van der Waals surface area contributed by atoms with Gasteiger partial charge in [-0.05, 0) is 24.8 Å². The van der Waals surface area contributed by atoms with Crippen molar-refractivity contribution in [1.82, 2.24) is 5.32 Å². The first-order valence-electron chi connectivity index (χ1n) is 7.50.